The van der Waals surface area contributed by atoms with Crippen LogP contribution < -0.4 is 5.32 Å². The average Bonchev–Trinajstić information content (AvgIpc) is 2.40. The summed E-state index contributed by atoms with van der Waals surface area (Å²) in [6, 6.07) is 0. The van der Waals surface area contributed by atoms with Crippen molar-refractivity contribution < 1.29 is 14.0 Å². The fourth-order valence-electron chi connectivity index (χ4n) is 2.16. The maximum atomic E-state index is 11.4. The third kappa shape index (κ3) is 14.5. The number of hydrogen-bond donors (Lipinski definition) is 2. The molecule has 0 saturated carbocycles. The standard InChI is InChI=1S/C15H34NO3P/c1-3-5-6-7-8-10-13-16-14-11-9-12-15-20(17,18)19-4-2/h16H,3-15H2,1-2H3,(H,17,18). The van der Waals surface area contributed by atoms with Crippen LogP contribution in [0.1, 0.15) is 71.6 Å². The van der Waals surface area contributed by atoms with E-state index in [1.54, 1.807) is 6.92 Å². The minimum absolute atomic E-state index is 0.290. The minimum atomic E-state index is -3.29. The molecule has 1 unspecified atom stereocenters. The third-order valence-corrected chi connectivity index (χ3v) is 4.88. The Kier molecular flexibility index (Phi) is 14.1. The van der Waals surface area contributed by atoms with Gasteiger partial charge in [-0.2, -0.15) is 0 Å². The third-order valence-electron chi connectivity index (χ3n) is 3.33. The monoisotopic (exact) mass is 307 g/mol. The van der Waals surface area contributed by atoms with Crippen molar-refractivity contribution in [3.63, 3.8) is 0 Å². The lowest BCUT2D eigenvalue weighted by Crippen LogP contribution is -2.16. The summed E-state index contributed by atoms with van der Waals surface area (Å²) in [5, 5.41) is 3.44. The van der Waals surface area contributed by atoms with Gasteiger partial charge < -0.3 is 14.7 Å². The van der Waals surface area contributed by atoms with Crippen LogP contribution >= 0.6 is 7.60 Å². The van der Waals surface area contributed by atoms with E-state index >= 15 is 0 Å². The van der Waals surface area contributed by atoms with E-state index < -0.39 is 7.60 Å². The van der Waals surface area contributed by atoms with Crippen LogP contribution in [-0.4, -0.2) is 30.8 Å². The van der Waals surface area contributed by atoms with Crippen LogP contribution in [0.2, 0.25) is 0 Å². The van der Waals surface area contributed by atoms with Gasteiger partial charge in [0.15, 0.2) is 0 Å². The van der Waals surface area contributed by atoms with Gasteiger partial charge in [0.2, 0.25) is 0 Å². The SMILES string of the molecule is CCCCCCCCNCCCCCP(=O)(O)OCC. The molecule has 0 aliphatic rings. The lowest BCUT2D eigenvalue weighted by atomic mass is 10.1. The first-order valence-corrected chi connectivity index (χ1v) is 10.1. The Morgan fingerprint density at radius 3 is 2.05 bits per heavy atom. The zero-order chi connectivity index (χ0) is 15.1. The van der Waals surface area contributed by atoms with Gasteiger partial charge in [0, 0.05) is 6.16 Å². The van der Waals surface area contributed by atoms with Crippen LogP contribution in [0.5, 0.6) is 0 Å². The Hall–Kier alpha value is 0.110. The molecule has 0 aromatic heterocycles. The van der Waals surface area contributed by atoms with Crippen LogP contribution in [-0.2, 0) is 9.09 Å². The zero-order valence-electron chi connectivity index (χ0n) is 13.4. The van der Waals surface area contributed by atoms with Gasteiger partial charge in [-0.1, -0.05) is 45.4 Å². The lowest BCUT2D eigenvalue weighted by Gasteiger charge is -2.10. The molecule has 0 heterocycles. The molecule has 5 heteroatoms. The van der Waals surface area contributed by atoms with Gasteiger partial charge in [-0.15, -0.1) is 0 Å². The predicted octanol–water partition coefficient (Wildman–Crippen LogP) is 4.33. The molecule has 0 aromatic carbocycles. The van der Waals surface area contributed by atoms with Crippen LogP contribution in [0.25, 0.3) is 0 Å². The van der Waals surface area contributed by atoms with E-state index in [1.165, 1.54) is 38.5 Å². The van der Waals surface area contributed by atoms with Gasteiger partial charge in [-0.25, -0.2) is 0 Å². The molecule has 1 atom stereocenters. The topological polar surface area (TPSA) is 58.6 Å². The van der Waals surface area contributed by atoms with Gasteiger partial charge in [0.25, 0.3) is 0 Å². The van der Waals surface area contributed by atoms with Gasteiger partial charge >= 0.3 is 7.60 Å². The fraction of sp³-hybridized carbons (Fsp3) is 1.00. The Morgan fingerprint density at radius 1 is 0.900 bits per heavy atom. The van der Waals surface area contributed by atoms with Crippen molar-refractivity contribution in [2.24, 2.45) is 0 Å². The van der Waals surface area contributed by atoms with E-state index in [0.29, 0.717) is 6.61 Å². The maximum Gasteiger partial charge on any atom is 0.328 e. The van der Waals surface area contributed by atoms with Gasteiger partial charge in [-0.05, 0) is 39.3 Å². The van der Waals surface area contributed by atoms with Crippen molar-refractivity contribution in [3.8, 4) is 0 Å². The van der Waals surface area contributed by atoms with Crippen molar-refractivity contribution >= 4 is 7.60 Å². The molecule has 20 heavy (non-hydrogen) atoms. The molecular weight excluding hydrogens is 273 g/mol. The molecule has 122 valence electrons. The van der Waals surface area contributed by atoms with E-state index in [4.69, 9.17) is 4.52 Å². The van der Waals surface area contributed by atoms with Crippen LogP contribution in [0, 0.1) is 0 Å². The summed E-state index contributed by atoms with van der Waals surface area (Å²) in [7, 11) is -3.29. The van der Waals surface area contributed by atoms with Crippen LogP contribution in [0.15, 0.2) is 0 Å². The van der Waals surface area contributed by atoms with E-state index in [0.717, 1.165) is 32.4 Å². The second kappa shape index (κ2) is 14.1. The van der Waals surface area contributed by atoms with Crippen molar-refractivity contribution in [1.29, 1.82) is 0 Å². The van der Waals surface area contributed by atoms with Crippen molar-refractivity contribution in [2.75, 3.05) is 25.9 Å². The maximum absolute atomic E-state index is 11.4. The highest BCUT2D eigenvalue weighted by atomic mass is 31.2. The van der Waals surface area contributed by atoms with Crippen molar-refractivity contribution in [2.45, 2.75) is 71.6 Å². The Balaban J connectivity index is 3.15. The second-order valence-electron chi connectivity index (χ2n) is 5.36. The summed E-state index contributed by atoms with van der Waals surface area (Å²) in [5.74, 6) is 0. The highest BCUT2D eigenvalue weighted by Crippen LogP contribution is 2.42. The van der Waals surface area contributed by atoms with Gasteiger partial charge in [0.1, 0.15) is 0 Å². The molecule has 0 aliphatic carbocycles. The smallest absolute Gasteiger partial charge is 0.324 e. The van der Waals surface area contributed by atoms with Crippen molar-refractivity contribution in [3.05, 3.63) is 0 Å². The zero-order valence-corrected chi connectivity index (χ0v) is 14.3. The Labute approximate surface area is 125 Å². The van der Waals surface area contributed by atoms with Gasteiger partial charge in [-0.3, -0.25) is 4.57 Å². The number of hydrogen-bond acceptors (Lipinski definition) is 3. The molecule has 0 aromatic rings. The quantitative estimate of drug-likeness (QED) is 0.349. The lowest BCUT2D eigenvalue weighted by molar-refractivity contribution is 0.273. The Morgan fingerprint density at radius 2 is 1.45 bits per heavy atom. The molecule has 0 amide bonds. The normalized spacial score (nSPS) is 14.3. The van der Waals surface area contributed by atoms with Crippen molar-refractivity contribution in [1.82, 2.24) is 5.32 Å². The first kappa shape index (κ1) is 20.1. The van der Waals surface area contributed by atoms with Gasteiger partial charge in [0.05, 0.1) is 6.61 Å². The number of rotatable bonds is 15. The minimum Gasteiger partial charge on any atom is -0.324 e. The summed E-state index contributed by atoms with van der Waals surface area (Å²) >= 11 is 0. The van der Waals surface area contributed by atoms with Crippen LogP contribution in [0.4, 0.5) is 0 Å². The molecular formula is C15H34NO3P. The molecule has 0 radical (unpaired) electrons. The van der Waals surface area contributed by atoms with E-state index in [2.05, 4.69) is 12.2 Å². The van der Waals surface area contributed by atoms with E-state index in [1.807, 2.05) is 0 Å². The average molecular weight is 307 g/mol. The largest absolute Gasteiger partial charge is 0.328 e. The summed E-state index contributed by atoms with van der Waals surface area (Å²) < 4.78 is 16.2. The predicted molar refractivity (Wildman–Crippen MR) is 86.4 cm³/mol. The molecule has 0 spiro atoms. The molecule has 0 fully saturated rings. The van der Waals surface area contributed by atoms with E-state index in [-0.39, 0.29) is 6.16 Å². The highest BCUT2D eigenvalue weighted by Gasteiger charge is 2.16. The second-order valence-corrected chi connectivity index (χ2v) is 7.34. The van der Waals surface area contributed by atoms with E-state index in [9.17, 15) is 9.46 Å². The molecule has 0 aliphatic heterocycles. The summed E-state index contributed by atoms with van der Waals surface area (Å²) in [4.78, 5) is 9.39. The summed E-state index contributed by atoms with van der Waals surface area (Å²) in [6.45, 7) is 6.41. The fourth-order valence-corrected chi connectivity index (χ4v) is 3.32. The molecule has 4 nitrogen and oxygen atoms in total. The highest BCUT2D eigenvalue weighted by molar-refractivity contribution is 7.52. The molecule has 0 bridgehead atoms. The summed E-state index contributed by atoms with van der Waals surface area (Å²) in [5.41, 5.74) is 0. The Bertz CT molecular complexity index is 249. The molecule has 2 N–H and O–H groups in total. The first-order valence-electron chi connectivity index (χ1n) is 8.29. The first-order chi connectivity index (χ1) is 9.62. The molecule has 0 rings (SSSR count). The number of nitrogens with one attached hydrogen (secondary N) is 1. The molecule has 0 saturated heterocycles. The number of unbranched alkanes of at least 4 members (excludes halogenated alkanes) is 7. The van der Waals surface area contributed by atoms with Crippen LogP contribution in [0.3, 0.4) is 0 Å². The summed E-state index contributed by atoms with van der Waals surface area (Å²) in [6.07, 6.45) is 11.1.